The van der Waals surface area contributed by atoms with Gasteiger partial charge in [0.1, 0.15) is 11.5 Å². The monoisotopic (exact) mass is 532 g/mol. The number of hydrogen-bond donors (Lipinski definition) is 0. The molecule has 0 saturated carbocycles. The average Bonchev–Trinajstić information content (AvgIpc) is 3.39. The molecule has 2 aromatic carbocycles. The topological polar surface area (TPSA) is 34.1 Å². The van der Waals surface area contributed by atoms with Crippen LogP contribution in [0.25, 0.3) is 0 Å². The average molecular weight is 534 g/mol. The summed E-state index contributed by atoms with van der Waals surface area (Å²) < 4.78 is 14.3. The van der Waals surface area contributed by atoms with Gasteiger partial charge in [0.15, 0.2) is 0 Å². The highest BCUT2D eigenvalue weighted by Crippen LogP contribution is 2.50. The van der Waals surface area contributed by atoms with Gasteiger partial charge in [0, 0.05) is 16.5 Å². The van der Waals surface area contributed by atoms with E-state index < -0.39 is 0 Å². The van der Waals surface area contributed by atoms with Crippen LogP contribution in [0.15, 0.2) is 68.0 Å². The van der Waals surface area contributed by atoms with Gasteiger partial charge in [0.05, 0.1) is 33.3 Å². The first-order valence-corrected chi connectivity index (χ1v) is 11.9. The quantitative estimate of drug-likeness (QED) is 0.365. The van der Waals surface area contributed by atoms with E-state index in [1.54, 1.807) is 11.3 Å². The SMILES string of the molecule is CCOc1c(Br)cc(Br)cc1[C@@H]1Oc2ccccc2[C@H]2CC(c3cccs3)=NN21. The number of hydrazone groups is 1. The molecule has 0 radical (unpaired) electrons. The Morgan fingerprint density at radius 1 is 1.17 bits per heavy atom. The predicted octanol–water partition coefficient (Wildman–Crippen LogP) is 6.91. The molecule has 7 heteroatoms. The molecule has 0 bridgehead atoms. The molecule has 0 fully saturated rings. The van der Waals surface area contributed by atoms with E-state index in [0.717, 1.165) is 38.1 Å². The summed E-state index contributed by atoms with van der Waals surface area (Å²) in [5, 5.41) is 9.20. The first-order valence-electron chi connectivity index (χ1n) is 9.42. The van der Waals surface area contributed by atoms with Crippen molar-refractivity contribution in [2.45, 2.75) is 25.6 Å². The second kappa shape index (κ2) is 7.78. The fraction of sp³-hybridized carbons (Fsp3) is 0.227. The number of benzene rings is 2. The Balaban J connectivity index is 1.65. The number of ether oxygens (including phenoxy) is 2. The summed E-state index contributed by atoms with van der Waals surface area (Å²) in [6.45, 7) is 2.56. The highest BCUT2D eigenvalue weighted by atomic mass is 79.9. The van der Waals surface area contributed by atoms with Crippen LogP contribution < -0.4 is 9.47 Å². The van der Waals surface area contributed by atoms with E-state index >= 15 is 0 Å². The normalized spacial score (nSPS) is 20.0. The maximum atomic E-state index is 6.50. The van der Waals surface area contributed by atoms with Crippen LogP contribution in [0.2, 0.25) is 0 Å². The standard InChI is InChI=1S/C22H18Br2N2O2S/c1-2-27-21-15(10-13(23)11-16(21)24)22-26-18(14-6-3-4-7-19(14)28-22)12-17(25-26)20-8-5-9-29-20/h3-11,18,22H,2,12H2,1H3/t18-,22+/m1/s1. The van der Waals surface area contributed by atoms with Gasteiger partial charge >= 0.3 is 0 Å². The van der Waals surface area contributed by atoms with Crippen molar-refractivity contribution in [2.24, 2.45) is 5.10 Å². The lowest BCUT2D eigenvalue weighted by atomic mass is 9.97. The molecule has 29 heavy (non-hydrogen) atoms. The van der Waals surface area contributed by atoms with Crippen molar-refractivity contribution in [3.05, 3.63) is 78.9 Å². The van der Waals surface area contributed by atoms with Gasteiger partial charge in [0.2, 0.25) is 6.23 Å². The highest BCUT2D eigenvalue weighted by Gasteiger charge is 2.42. The van der Waals surface area contributed by atoms with E-state index in [0.29, 0.717) is 6.61 Å². The minimum absolute atomic E-state index is 0.134. The smallest absolute Gasteiger partial charge is 0.217 e. The molecule has 2 atom stereocenters. The molecule has 5 rings (SSSR count). The molecule has 0 unspecified atom stereocenters. The number of para-hydroxylation sites is 1. The third kappa shape index (κ3) is 3.39. The molecule has 3 heterocycles. The fourth-order valence-electron chi connectivity index (χ4n) is 3.89. The summed E-state index contributed by atoms with van der Waals surface area (Å²) in [6, 6.07) is 16.6. The fourth-order valence-corrected chi connectivity index (χ4v) is 5.99. The third-order valence-electron chi connectivity index (χ3n) is 5.10. The Morgan fingerprint density at radius 3 is 2.83 bits per heavy atom. The molecule has 2 aliphatic rings. The van der Waals surface area contributed by atoms with E-state index in [1.165, 1.54) is 10.4 Å². The van der Waals surface area contributed by atoms with E-state index in [1.807, 2.05) is 25.1 Å². The highest BCUT2D eigenvalue weighted by molar-refractivity contribution is 9.11. The number of hydrogen-bond acceptors (Lipinski definition) is 5. The zero-order chi connectivity index (χ0) is 20.0. The van der Waals surface area contributed by atoms with Crippen molar-refractivity contribution in [1.82, 2.24) is 5.01 Å². The van der Waals surface area contributed by atoms with Gasteiger partial charge in [-0.3, -0.25) is 0 Å². The van der Waals surface area contributed by atoms with Crippen LogP contribution in [0, 0.1) is 0 Å². The Kier molecular flexibility index (Phi) is 5.14. The minimum atomic E-state index is -0.372. The summed E-state index contributed by atoms with van der Waals surface area (Å²) in [4.78, 5) is 1.20. The van der Waals surface area contributed by atoms with Gasteiger partial charge in [-0.1, -0.05) is 40.2 Å². The van der Waals surface area contributed by atoms with E-state index in [-0.39, 0.29) is 12.3 Å². The van der Waals surface area contributed by atoms with Crippen LogP contribution in [0.4, 0.5) is 0 Å². The van der Waals surface area contributed by atoms with Crippen LogP contribution in [0.3, 0.4) is 0 Å². The molecule has 0 saturated heterocycles. The second-order valence-corrected chi connectivity index (χ2v) is 9.59. The van der Waals surface area contributed by atoms with Gasteiger partial charge in [-0.25, -0.2) is 5.01 Å². The van der Waals surface area contributed by atoms with Crippen LogP contribution >= 0.6 is 43.2 Å². The molecular formula is C22H18Br2N2O2S. The lowest BCUT2D eigenvalue weighted by Gasteiger charge is -2.38. The first-order chi connectivity index (χ1) is 14.2. The van der Waals surface area contributed by atoms with E-state index in [2.05, 4.69) is 72.6 Å². The number of fused-ring (bicyclic) bond motifs is 3. The Labute approximate surface area is 190 Å². The third-order valence-corrected chi connectivity index (χ3v) is 7.06. The van der Waals surface area contributed by atoms with Crippen LogP contribution in [-0.2, 0) is 0 Å². The second-order valence-electron chi connectivity index (χ2n) is 6.87. The Morgan fingerprint density at radius 2 is 2.03 bits per heavy atom. The molecule has 0 spiro atoms. The number of rotatable bonds is 4. The number of thiophene rings is 1. The summed E-state index contributed by atoms with van der Waals surface area (Å²) in [6.07, 6.45) is 0.485. The summed E-state index contributed by atoms with van der Waals surface area (Å²) in [5.41, 5.74) is 3.22. The Bertz CT molecular complexity index is 1080. The molecule has 0 aliphatic carbocycles. The van der Waals surface area contributed by atoms with Crippen molar-refractivity contribution in [3.63, 3.8) is 0 Å². The molecule has 148 valence electrons. The number of halogens is 2. The predicted molar refractivity (Wildman–Crippen MR) is 123 cm³/mol. The molecule has 1 aromatic heterocycles. The molecule has 4 nitrogen and oxygen atoms in total. The Hall–Kier alpha value is -1.83. The summed E-state index contributed by atoms with van der Waals surface area (Å²) in [7, 11) is 0. The molecule has 0 N–H and O–H groups in total. The van der Waals surface area contributed by atoms with Gasteiger partial charge in [-0.15, -0.1) is 11.3 Å². The van der Waals surface area contributed by atoms with Gasteiger partial charge < -0.3 is 9.47 Å². The lowest BCUT2D eigenvalue weighted by Crippen LogP contribution is -2.34. The maximum Gasteiger partial charge on any atom is 0.217 e. The summed E-state index contributed by atoms with van der Waals surface area (Å²) in [5.74, 6) is 1.69. The lowest BCUT2D eigenvalue weighted by molar-refractivity contribution is -0.0206. The number of nitrogens with zero attached hydrogens (tertiary/aromatic N) is 2. The molecule has 0 amide bonds. The molecular weight excluding hydrogens is 516 g/mol. The van der Waals surface area contributed by atoms with Gasteiger partial charge in [0.25, 0.3) is 0 Å². The van der Waals surface area contributed by atoms with Gasteiger partial charge in [-0.05, 0) is 52.5 Å². The van der Waals surface area contributed by atoms with Crippen molar-refractivity contribution in [2.75, 3.05) is 6.61 Å². The van der Waals surface area contributed by atoms with Gasteiger partial charge in [-0.2, -0.15) is 5.10 Å². The first kappa shape index (κ1) is 19.2. The van der Waals surface area contributed by atoms with Crippen molar-refractivity contribution < 1.29 is 9.47 Å². The maximum absolute atomic E-state index is 6.50. The minimum Gasteiger partial charge on any atom is -0.492 e. The molecule has 2 aliphatic heterocycles. The van der Waals surface area contributed by atoms with Crippen LogP contribution in [0.5, 0.6) is 11.5 Å². The summed E-state index contributed by atoms with van der Waals surface area (Å²) >= 11 is 8.99. The zero-order valence-corrected chi connectivity index (χ0v) is 19.6. The zero-order valence-electron chi connectivity index (χ0n) is 15.6. The van der Waals surface area contributed by atoms with Crippen LogP contribution in [-0.4, -0.2) is 17.3 Å². The largest absolute Gasteiger partial charge is 0.492 e. The van der Waals surface area contributed by atoms with Crippen LogP contribution in [0.1, 0.15) is 41.6 Å². The van der Waals surface area contributed by atoms with Crippen molar-refractivity contribution >= 4 is 48.9 Å². The van der Waals surface area contributed by atoms with Crippen molar-refractivity contribution in [3.8, 4) is 11.5 Å². The van der Waals surface area contributed by atoms with Crippen molar-refractivity contribution in [1.29, 1.82) is 0 Å². The molecule has 3 aromatic rings. The van der Waals surface area contributed by atoms with E-state index in [9.17, 15) is 0 Å². The van der Waals surface area contributed by atoms with E-state index in [4.69, 9.17) is 14.6 Å².